The van der Waals surface area contributed by atoms with Crippen LogP contribution in [0.3, 0.4) is 0 Å². The molecular weight excluding hydrogens is 324 g/mol. The molecule has 138 valence electrons. The third-order valence-electron chi connectivity index (χ3n) is 5.36. The van der Waals surface area contributed by atoms with Crippen LogP contribution in [0, 0.1) is 11.3 Å². The Morgan fingerprint density at radius 2 is 1.76 bits per heavy atom. The highest BCUT2D eigenvalue weighted by atomic mass is 16.6. The van der Waals surface area contributed by atoms with E-state index < -0.39 is 0 Å². The maximum Gasteiger partial charge on any atom is 0.338 e. The van der Waals surface area contributed by atoms with E-state index in [0.29, 0.717) is 22.8 Å². The monoisotopic (exact) mass is 350 g/mol. The number of methoxy groups -OCH3 is 3. The first-order valence-corrected chi connectivity index (χ1v) is 8.56. The molecule has 25 heavy (non-hydrogen) atoms. The van der Waals surface area contributed by atoms with Crippen LogP contribution < -0.4 is 14.2 Å². The van der Waals surface area contributed by atoms with Gasteiger partial charge in [0, 0.05) is 17.9 Å². The lowest BCUT2D eigenvalue weighted by atomic mass is 9.57. The van der Waals surface area contributed by atoms with E-state index in [1.807, 2.05) is 0 Å². The minimum atomic E-state index is -0.388. The lowest BCUT2D eigenvalue weighted by Crippen LogP contribution is -2.65. The standard InChI is InChI=1S/C19H26O6/c1-19(2)16-12(7-6-8-24-16)17(19)25-18(20)11-9-13(21-3)15(23-5)14(10-11)22-4/h9-10,12,16-17H,6-8H2,1-5H3. The zero-order valence-electron chi connectivity index (χ0n) is 15.5. The van der Waals surface area contributed by atoms with Crippen LogP contribution >= 0.6 is 0 Å². The quantitative estimate of drug-likeness (QED) is 0.761. The molecule has 0 amide bonds. The molecular formula is C19H26O6. The third kappa shape index (κ3) is 2.92. The summed E-state index contributed by atoms with van der Waals surface area (Å²) in [5.74, 6) is 1.20. The van der Waals surface area contributed by atoms with Gasteiger partial charge in [-0.3, -0.25) is 0 Å². The lowest BCUT2D eigenvalue weighted by molar-refractivity contribution is -0.243. The van der Waals surface area contributed by atoms with Gasteiger partial charge in [0.2, 0.25) is 5.75 Å². The molecule has 0 aromatic heterocycles. The molecule has 1 aliphatic carbocycles. The van der Waals surface area contributed by atoms with Crippen LogP contribution in [0.15, 0.2) is 12.1 Å². The fourth-order valence-electron chi connectivity index (χ4n) is 4.10. The number of esters is 1. The van der Waals surface area contributed by atoms with E-state index in [9.17, 15) is 4.79 Å². The van der Waals surface area contributed by atoms with Gasteiger partial charge in [0.25, 0.3) is 0 Å². The van der Waals surface area contributed by atoms with Gasteiger partial charge in [-0.15, -0.1) is 0 Å². The zero-order valence-corrected chi connectivity index (χ0v) is 15.5. The van der Waals surface area contributed by atoms with Crippen LogP contribution in [-0.2, 0) is 9.47 Å². The van der Waals surface area contributed by atoms with E-state index >= 15 is 0 Å². The summed E-state index contributed by atoms with van der Waals surface area (Å²) in [6.45, 7) is 4.97. The van der Waals surface area contributed by atoms with Gasteiger partial charge in [-0.25, -0.2) is 4.79 Å². The highest BCUT2D eigenvalue weighted by Crippen LogP contribution is 2.53. The summed E-state index contributed by atoms with van der Waals surface area (Å²) in [6.07, 6.45) is 2.06. The van der Waals surface area contributed by atoms with Crippen molar-refractivity contribution in [2.24, 2.45) is 11.3 Å². The summed E-state index contributed by atoms with van der Waals surface area (Å²) in [5.41, 5.74) is 0.201. The van der Waals surface area contributed by atoms with Crippen molar-refractivity contribution < 1.29 is 28.5 Å². The minimum absolute atomic E-state index is 0.149. The fourth-order valence-corrected chi connectivity index (χ4v) is 4.10. The zero-order chi connectivity index (χ0) is 18.2. The Morgan fingerprint density at radius 3 is 2.32 bits per heavy atom. The first-order valence-electron chi connectivity index (χ1n) is 8.56. The van der Waals surface area contributed by atoms with Crippen LogP contribution in [-0.4, -0.2) is 46.1 Å². The minimum Gasteiger partial charge on any atom is -0.493 e. The molecule has 1 aromatic carbocycles. The average Bonchev–Trinajstić information content (AvgIpc) is 2.64. The van der Waals surface area contributed by atoms with Crippen molar-refractivity contribution in [2.45, 2.75) is 38.9 Å². The van der Waals surface area contributed by atoms with Gasteiger partial charge in [0.05, 0.1) is 33.0 Å². The van der Waals surface area contributed by atoms with E-state index in [1.165, 1.54) is 21.3 Å². The van der Waals surface area contributed by atoms with Crippen LogP contribution in [0.2, 0.25) is 0 Å². The molecule has 1 saturated heterocycles. The molecule has 6 nitrogen and oxygen atoms in total. The fraction of sp³-hybridized carbons (Fsp3) is 0.632. The molecule has 1 saturated carbocycles. The smallest absolute Gasteiger partial charge is 0.338 e. The van der Waals surface area contributed by atoms with Crippen LogP contribution in [0.25, 0.3) is 0 Å². The number of rotatable bonds is 5. The Hall–Kier alpha value is -1.95. The second-order valence-corrected chi connectivity index (χ2v) is 7.16. The molecule has 2 fully saturated rings. The normalized spacial score (nSPS) is 26.8. The molecule has 0 N–H and O–H groups in total. The predicted molar refractivity (Wildman–Crippen MR) is 91.5 cm³/mol. The summed E-state index contributed by atoms with van der Waals surface area (Å²) < 4.78 is 27.6. The maximum atomic E-state index is 12.7. The Bertz CT molecular complexity index is 628. The average molecular weight is 350 g/mol. The number of hydrogen-bond acceptors (Lipinski definition) is 6. The van der Waals surface area contributed by atoms with Gasteiger partial charge in [0.1, 0.15) is 6.10 Å². The number of ether oxygens (including phenoxy) is 5. The van der Waals surface area contributed by atoms with Gasteiger partial charge in [-0.2, -0.15) is 0 Å². The molecule has 1 aromatic rings. The van der Waals surface area contributed by atoms with Crippen molar-refractivity contribution in [1.29, 1.82) is 0 Å². The van der Waals surface area contributed by atoms with E-state index in [1.54, 1.807) is 12.1 Å². The molecule has 0 radical (unpaired) electrons. The second kappa shape index (κ2) is 6.75. The lowest BCUT2D eigenvalue weighted by Gasteiger charge is -2.58. The summed E-state index contributed by atoms with van der Waals surface area (Å²) >= 11 is 0. The van der Waals surface area contributed by atoms with Crippen molar-refractivity contribution in [2.75, 3.05) is 27.9 Å². The molecule has 3 atom stereocenters. The van der Waals surface area contributed by atoms with E-state index in [-0.39, 0.29) is 29.5 Å². The summed E-state index contributed by atoms with van der Waals surface area (Å²) in [5, 5.41) is 0. The first-order chi connectivity index (χ1) is 11.9. The van der Waals surface area contributed by atoms with Crippen molar-refractivity contribution in [1.82, 2.24) is 0 Å². The van der Waals surface area contributed by atoms with Crippen LogP contribution in [0.1, 0.15) is 37.0 Å². The predicted octanol–water partition coefficient (Wildman–Crippen LogP) is 3.07. The molecule has 2 aliphatic rings. The summed E-state index contributed by atoms with van der Waals surface area (Å²) in [6, 6.07) is 3.23. The molecule has 1 heterocycles. The SMILES string of the molecule is COc1cc(C(=O)OC2C3CCCOC3C2(C)C)cc(OC)c1OC. The Morgan fingerprint density at radius 1 is 1.12 bits per heavy atom. The van der Waals surface area contributed by atoms with Crippen LogP contribution in [0.5, 0.6) is 17.2 Å². The Kier molecular flexibility index (Phi) is 4.82. The van der Waals surface area contributed by atoms with Crippen molar-refractivity contribution in [3.63, 3.8) is 0 Å². The molecule has 3 rings (SSSR count). The number of hydrogen-bond donors (Lipinski definition) is 0. The highest BCUT2D eigenvalue weighted by molar-refractivity contribution is 5.91. The van der Waals surface area contributed by atoms with Gasteiger partial charge in [0.15, 0.2) is 11.5 Å². The maximum absolute atomic E-state index is 12.7. The highest BCUT2D eigenvalue weighted by Gasteiger charge is 2.60. The van der Waals surface area contributed by atoms with Crippen molar-refractivity contribution in [3.8, 4) is 17.2 Å². The Labute approximate surface area is 148 Å². The van der Waals surface area contributed by atoms with E-state index in [0.717, 1.165) is 19.4 Å². The number of fused-ring (bicyclic) bond motifs is 1. The Balaban J connectivity index is 1.82. The molecule has 0 spiro atoms. The van der Waals surface area contributed by atoms with Gasteiger partial charge >= 0.3 is 5.97 Å². The van der Waals surface area contributed by atoms with Crippen molar-refractivity contribution in [3.05, 3.63) is 17.7 Å². The number of benzene rings is 1. The molecule has 1 aliphatic heterocycles. The number of carbonyl (C=O) groups is 1. The molecule has 0 bridgehead atoms. The van der Waals surface area contributed by atoms with Crippen molar-refractivity contribution >= 4 is 5.97 Å². The topological polar surface area (TPSA) is 63.2 Å². The second-order valence-electron chi connectivity index (χ2n) is 7.16. The first kappa shape index (κ1) is 17.9. The van der Waals surface area contributed by atoms with Gasteiger partial charge in [-0.1, -0.05) is 13.8 Å². The number of carbonyl (C=O) groups excluding carboxylic acids is 1. The third-order valence-corrected chi connectivity index (χ3v) is 5.36. The van der Waals surface area contributed by atoms with Gasteiger partial charge < -0.3 is 23.7 Å². The van der Waals surface area contributed by atoms with E-state index in [4.69, 9.17) is 23.7 Å². The van der Waals surface area contributed by atoms with Gasteiger partial charge in [-0.05, 0) is 25.0 Å². The molecule has 3 unspecified atom stereocenters. The largest absolute Gasteiger partial charge is 0.493 e. The summed E-state index contributed by atoms with van der Waals surface area (Å²) in [4.78, 5) is 12.7. The summed E-state index contributed by atoms with van der Waals surface area (Å²) in [7, 11) is 4.56. The van der Waals surface area contributed by atoms with E-state index in [2.05, 4.69) is 13.8 Å². The van der Waals surface area contributed by atoms with Crippen LogP contribution in [0.4, 0.5) is 0 Å². The molecule has 6 heteroatoms.